The van der Waals surface area contributed by atoms with Gasteiger partial charge >= 0.3 is 5.97 Å². The van der Waals surface area contributed by atoms with Crippen LogP contribution in [0.3, 0.4) is 0 Å². The number of methoxy groups -OCH3 is 1. The summed E-state index contributed by atoms with van der Waals surface area (Å²) >= 11 is 2.85. The molecule has 0 spiro atoms. The van der Waals surface area contributed by atoms with Gasteiger partial charge in [0.15, 0.2) is 4.80 Å². The van der Waals surface area contributed by atoms with Crippen molar-refractivity contribution in [3.05, 3.63) is 57.8 Å². The summed E-state index contributed by atoms with van der Waals surface area (Å²) in [6.45, 7) is 2.00. The molecule has 136 valence electrons. The first-order valence-electron chi connectivity index (χ1n) is 8.14. The Morgan fingerprint density at radius 3 is 2.85 bits per heavy atom. The molecule has 2 heterocycles. The van der Waals surface area contributed by atoms with Gasteiger partial charge in [-0.15, -0.1) is 11.3 Å². The lowest BCUT2D eigenvalue weighted by molar-refractivity contribution is -0.141. The molecule has 0 saturated carbocycles. The zero-order valence-corrected chi connectivity index (χ0v) is 16.3. The highest BCUT2D eigenvalue weighted by Gasteiger charge is 2.13. The number of hydrogen-bond acceptors (Lipinski definition) is 6. The second-order valence-electron chi connectivity index (χ2n) is 5.97. The van der Waals surface area contributed by atoms with Crippen LogP contribution < -0.4 is 4.80 Å². The van der Waals surface area contributed by atoms with E-state index in [1.807, 2.05) is 31.2 Å². The smallest absolute Gasteiger partial charge is 0.325 e. The molecule has 0 bridgehead atoms. The normalized spacial score (nSPS) is 12.0. The van der Waals surface area contributed by atoms with E-state index in [1.54, 1.807) is 22.2 Å². The average molecular weight is 397 g/mol. The molecule has 8 heteroatoms. The van der Waals surface area contributed by atoms with Crippen LogP contribution in [0.15, 0.2) is 46.9 Å². The molecule has 2 aromatic heterocycles. The van der Waals surface area contributed by atoms with Crippen LogP contribution >= 0.6 is 22.7 Å². The zero-order chi connectivity index (χ0) is 19.0. The molecule has 2 aromatic carbocycles. The van der Waals surface area contributed by atoms with E-state index < -0.39 is 5.97 Å². The predicted molar refractivity (Wildman–Crippen MR) is 106 cm³/mol. The van der Waals surface area contributed by atoms with E-state index in [9.17, 15) is 9.59 Å². The van der Waals surface area contributed by atoms with Crippen LogP contribution in [0.4, 0.5) is 0 Å². The molecule has 0 atom stereocenters. The number of esters is 1. The first kappa shape index (κ1) is 17.6. The van der Waals surface area contributed by atoms with Gasteiger partial charge in [0.25, 0.3) is 5.91 Å². The predicted octanol–water partition coefficient (Wildman–Crippen LogP) is 3.54. The molecular formula is C19H15N3O3S2. The van der Waals surface area contributed by atoms with Crippen molar-refractivity contribution in [3.8, 4) is 0 Å². The Morgan fingerprint density at radius 1 is 1.19 bits per heavy atom. The number of thiazole rings is 2. The molecule has 27 heavy (non-hydrogen) atoms. The van der Waals surface area contributed by atoms with Crippen LogP contribution in [0.2, 0.25) is 0 Å². The van der Waals surface area contributed by atoms with Crippen molar-refractivity contribution in [1.29, 1.82) is 0 Å². The van der Waals surface area contributed by atoms with Crippen molar-refractivity contribution >= 4 is 55.0 Å². The van der Waals surface area contributed by atoms with E-state index in [0.717, 1.165) is 26.0 Å². The summed E-state index contributed by atoms with van der Waals surface area (Å²) in [4.78, 5) is 33.6. The first-order chi connectivity index (χ1) is 13.0. The molecule has 0 N–H and O–H groups in total. The summed E-state index contributed by atoms with van der Waals surface area (Å²) < 4.78 is 8.41. The van der Waals surface area contributed by atoms with Crippen molar-refractivity contribution < 1.29 is 14.3 Å². The second kappa shape index (κ2) is 7.05. The number of benzene rings is 2. The van der Waals surface area contributed by atoms with Gasteiger partial charge < -0.3 is 9.30 Å². The number of rotatable bonds is 3. The molecule has 1 amide bonds. The van der Waals surface area contributed by atoms with Crippen molar-refractivity contribution in [2.45, 2.75) is 13.5 Å². The maximum absolute atomic E-state index is 12.7. The molecule has 0 unspecified atom stereocenters. The molecule has 0 saturated heterocycles. The molecule has 4 rings (SSSR count). The minimum Gasteiger partial charge on any atom is -0.468 e. The average Bonchev–Trinajstić information content (AvgIpc) is 3.25. The van der Waals surface area contributed by atoms with E-state index in [1.165, 1.54) is 29.8 Å². The molecule has 0 aliphatic carbocycles. The maximum Gasteiger partial charge on any atom is 0.325 e. The number of nitrogens with zero attached hydrogens (tertiary/aromatic N) is 3. The summed E-state index contributed by atoms with van der Waals surface area (Å²) in [5, 5.41) is 0. The van der Waals surface area contributed by atoms with Crippen molar-refractivity contribution in [1.82, 2.24) is 9.55 Å². The Balaban J connectivity index is 1.84. The summed E-state index contributed by atoms with van der Waals surface area (Å²) in [6.07, 6.45) is 0. The van der Waals surface area contributed by atoms with E-state index >= 15 is 0 Å². The van der Waals surface area contributed by atoms with Gasteiger partial charge in [-0.3, -0.25) is 9.59 Å². The Kier molecular flexibility index (Phi) is 4.59. The molecule has 6 nitrogen and oxygen atoms in total. The van der Waals surface area contributed by atoms with Crippen LogP contribution in [0.25, 0.3) is 20.4 Å². The van der Waals surface area contributed by atoms with Crippen LogP contribution in [0.5, 0.6) is 0 Å². The lowest BCUT2D eigenvalue weighted by Crippen LogP contribution is -2.22. The van der Waals surface area contributed by atoms with Gasteiger partial charge in [-0.05, 0) is 42.8 Å². The van der Waals surface area contributed by atoms with Gasteiger partial charge in [0.05, 0.1) is 33.1 Å². The molecule has 0 radical (unpaired) electrons. The number of aryl methyl sites for hydroxylation is 1. The van der Waals surface area contributed by atoms with Gasteiger partial charge in [-0.2, -0.15) is 4.99 Å². The van der Waals surface area contributed by atoms with Crippen LogP contribution in [0, 0.1) is 6.92 Å². The number of ether oxygens (including phenoxy) is 1. The number of aromatic nitrogens is 2. The van der Waals surface area contributed by atoms with Gasteiger partial charge in [0.1, 0.15) is 6.54 Å². The summed E-state index contributed by atoms with van der Waals surface area (Å²) in [6, 6.07) is 11.2. The first-order valence-corrected chi connectivity index (χ1v) is 9.84. The monoisotopic (exact) mass is 397 g/mol. The van der Waals surface area contributed by atoms with E-state index in [2.05, 4.69) is 9.98 Å². The number of carbonyl (C=O) groups is 2. The summed E-state index contributed by atoms with van der Waals surface area (Å²) in [7, 11) is 1.34. The minimum atomic E-state index is -0.393. The van der Waals surface area contributed by atoms with Crippen LogP contribution in [0.1, 0.15) is 15.9 Å². The Labute approximate surface area is 162 Å². The second-order valence-corrected chi connectivity index (χ2v) is 7.87. The van der Waals surface area contributed by atoms with E-state index in [-0.39, 0.29) is 12.5 Å². The molecule has 0 fully saturated rings. The van der Waals surface area contributed by atoms with Crippen molar-refractivity contribution in [3.63, 3.8) is 0 Å². The highest BCUT2D eigenvalue weighted by molar-refractivity contribution is 7.17. The van der Waals surface area contributed by atoms with Gasteiger partial charge in [-0.25, -0.2) is 4.98 Å². The van der Waals surface area contributed by atoms with Crippen molar-refractivity contribution in [2.24, 2.45) is 4.99 Å². The minimum absolute atomic E-state index is 0.000442. The fourth-order valence-electron chi connectivity index (χ4n) is 2.75. The Hall–Kier alpha value is -2.84. The van der Waals surface area contributed by atoms with E-state index in [4.69, 9.17) is 4.74 Å². The standard InChI is InChI=1S/C19H15N3O3S2/c1-11-3-6-14-16(7-11)27-19(22(14)9-17(23)25-2)21-18(24)12-4-5-13-15(8-12)26-10-20-13/h3-8,10H,9H2,1-2H3. The third-order valence-electron chi connectivity index (χ3n) is 4.13. The number of amides is 1. The summed E-state index contributed by atoms with van der Waals surface area (Å²) in [5.74, 6) is -0.748. The maximum atomic E-state index is 12.7. The molecular weight excluding hydrogens is 382 g/mol. The highest BCUT2D eigenvalue weighted by atomic mass is 32.1. The molecule has 0 aliphatic rings. The zero-order valence-electron chi connectivity index (χ0n) is 14.6. The van der Waals surface area contributed by atoms with Crippen LogP contribution in [-0.2, 0) is 16.1 Å². The highest BCUT2D eigenvalue weighted by Crippen LogP contribution is 2.21. The van der Waals surface area contributed by atoms with Gasteiger partial charge in [0, 0.05) is 5.56 Å². The lowest BCUT2D eigenvalue weighted by atomic mass is 10.2. The fraction of sp³-hybridized carbons (Fsp3) is 0.158. The quantitative estimate of drug-likeness (QED) is 0.496. The third kappa shape index (κ3) is 3.41. The number of fused-ring (bicyclic) bond motifs is 2. The summed E-state index contributed by atoms with van der Waals surface area (Å²) in [5.41, 5.74) is 5.04. The fourth-order valence-corrected chi connectivity index (χ4v) is 4.59. The van der Waals surface area contributed by atoms with Crippen molar-refractivity contribution in [2.75, 3.05) is 7.11 Å². The van der Waals surface area contributed by atoms with Gasteiger partial charge in [-0.1, -0.05) is 17.4 Å². The topological polar surface area (TPSA) is 73.6 Å². The third-order valence-corrected chi connectivity index (χ3v) is 5.96. The van der Waals surface area contributed by atoms with E-state index in [0.29, 0.717) is 10.4 Å². The number of hydrogen-bond donors (Lipinski definition) is 0. The van der Waals surface area contributed by atoms with Crippen LogP contribution in [-0.4, -0.2) is 28.5 Å². The molecule has 0 aliphatic heterocycles. The number of carbonyl (C=O) groups excluding carboxylic acids is 2. The largest absolute Gasteiger partial charge is 0.468 e. The molecule has 4 aromatic rings. The Bertz CT molecular complexity index is 1250. The SMILES string of the molecule is COC(=O)Cn1c(=NC(=O)c2ccc3ncsc3c2)sc2cc(C)ccc21. The van der Waals surface area contributed by atoms with Gasteiger partial charge in [0.2, 0.25) is 0 Å². The lowest BCUT2D eigenvalue weighted by Gasteiger charge is -2.03. The Morgan fingerprint density at radius 2 is 2.04 bits per heavy atom.